The van der Waals surface area contributed by atoms with Crippen LogP contribution in [0.4, 0.5) is 5.69 Å². The maximum absolute atomic E-state index is 11.9. The molecular formula is C15H13N3O5S. The molecule has 2 aromatic carbocycles. The van der Waals surface area contributed by atoms with E-state index in [1.807, 2.05) is 10.3 Å². The summed E-state index contributed by atoms with van der Waals surface area (Å²) in [5.74, 6) is -0.810. The lowest BCUT2D eigenvalue weighted by Crippen LogP contribution is -2.40. The van der Waals surface area contributed by atoms with Gasteiger partial charge in [-0.05, 0) is 17.7 Å². The van der Waals surface area contributed by atoms with Gasteiger partial charge in [-0.1, -0.05) is 36.4 Å². The second-order valence-corrected chi connectivity index (χ2v) is 6.19. The summed E-state index contributed by atoms with van der Waals surface area (Å²) < 4.78 is 23.6. The van der Waals surface area contributed by atoms with Crippen molar-refractivity contribution in [3.05, 3.63) is 81.2 Å². The van der Waals surface area contributed by atoms with E-state index in [0.29, 0.717) is 5.56 Å². The highest BCUT2D eigenvalue weighted by Gasteiger charge is 2.13. The molecule has 0 bridgehead atoms. The van der Waals surface area contributed by atoms with Crippen LogP contribution < -0.4 is 10.3 Å². The summed E-state index contributed by atoms with van der Waals surface area (Å²) in [6.45, 7) is 0. The molecule has 0 heterocycles. The Morgan fingerprint density at radius 2 is 1.79 bits per heavy atom. The van der Waals surface area contributed by atoms with Gasteiger partial charge in [0.15, 0.2) is 0 Å². The SMILES string of the molecule is O=C(NNS(=O)(=O)/C=C/c1ccccc1)c1cccc([N+](=O)[O-])c1. The number of carbonyl (C=O) groups excluding carboxylic acids is 1. The highest BCUT2D eigenvalue weighted by Crippen LogP contribution is 2.12. The number of non-ortho nitro benzene ring substituents is 1. The maximum Gasteiger partial charge on any atom is 0.270 e. The molecule has 2 aromatic rings. The predicted octanol–water partition coefficient (Wildman–Crippen LogP) is 1.83. The summed E-state index contributed by atoms with van der Waals surface area (Å²) in [6, 6.07) is 13.7. The number of hydrogen-bond donors (Lipinski definition) is 2. The fraction of sp³-hybridized carbons (Fsp3) is 0. The molecule has 0 spiro atoms. The predicted molar refractivity (Wildman–Crippen MR) is 88.1 cm³/mol. The van der Waals surface area contributed by atoms with Crippen LogP contribution >= 0.6 is 0 Å². The second-order valence-electron chi connectivity index (χ2n) is 4.62. The van der Waals surface area contributed by atoms with Crippen LogP contribution in [0.25, 0.3) is 6.08 Å². The molecule has 0 saturated heterocycles. The Labute approximate surface area is 138 Å². The van der Waals surface area contributed by atoms with Gasteiger partial charge in [0, 0.05) is 23.1 Å². The van der Waals surface area contributed by atoms with Gasteiger partial charge in [-0.3, -0.25) is 20.3 Å². The third-order valence-electron chi connectivity index (χ3n) is 2.87. The maximum atomic E-state index is 11.9. The van der Waals surface area contributed by atoms with Crippen molar-refractivity contribution in [1.29, 1.82) is 0 Å². The standard InChI is InChI=1S/C15H13N3O5S/c19-15(13-7-4-8-14(11-13)18(20)21)16-17-24(22,23)10-9-12-5-2-1-3-6-12/h1-11,17H,(H,16,19)/b10-9+. The minimum atomic E-state index is -3.91. The van der Waals surface area contributed by atoms with E-state index in [1.54, 1.807) is 30.3 Å². The van der Waals surface area contributed by atoms with E-state index < -0.39 is 20.9 Å². The van der Waals surface area contributed by atoms with Gasteiger partial charge in [0.05, 0.1) is 4.92 Å². The number of nitrogens with zero attached hydrogens (tertiary/aromatic N) is 1. The molecule has 2 N–H and O–H groups in total. The van der Waals surface area contributed by atoms with Crippen LogP contribution in [-0.2, 0) is 10.0 Å². The van der Waals surface area contributed by atoms with Crippen LogP contribution in [-0.4, -0.2) is 19.2 Å². The number of amides is 1. The van der Waals surface area contributed by atoms with Crippen molar-refractivity contribution < 1.29 is 18.1 Å². The smallest absolute Gasteiger partial charge is 0.270 e. The molecule has 0 aliphatic heterocycles. The highest BCUT2D eigenvalue weighted by molar-refractivity contribution is 7.92. The van der Waals surface area contributed by atoms with Crippen molar-refractivity contribution in [3.63, 3.8) is 0 Å². The van der Waals surface area contributed by atoms with E-state index in [2.05, 4.69) is 0 Å². The van der Waals surface area contributed by atoms with E-state index in [9.17, 15) is 23.3 Å². The van der Waals surface area contributed by atoms with E-state index in [0.717, 1.165) is 11.5 Å². The van der Waals surface area contributed by atoms with Gasteiger partial charge in [0.25, 0.3) is 21.6 Å². The van der Waals surface area contributed by atoms with Crippen LogP contribution in [0.3, 0.4) is 0 Å². The zero-order valence-electron chi connectivity index (χ0n) is 12.2. The Balaban J connectivity index is 2.01. The number of rotatable bonds is 6. The Morgan fingerprint density at radius 3 is 2.46 bits per heavy atom. The molecule has 0 aliphatic rings. The normalized spacial score (nSPS) is 11.3. The summed E-state index contributed by atoms with van der Waals surface area (Å²) in [6.07, 6.45) is 1.36. The Bertz CT molecular complexity index is 879. The summed E-state index contributed by atoms with van der Waals surface area (Å²) in [5.41, 5.74) is 2.35. The number of hydrazine groups is 1. The van der Waals surface area contributed by atoms with Crippen molar-refractivity contribution in [1.82, 2.24) is 10.3 Å². The fourth-order valence-electron chi connectivity index (χ4n) is 1.72. The lowest BCUT2D eigenvalue weighted by molar-refractivity contribution is -0.384. The molecule has 9 heteroatoms. The number of sulfonamides is 1. The van der Waals surface area contributed by atoms with Crippen molar-refractivity contribution >= 4 is 27.7 Å². The third-order valence-corrected chi connectivity index (χ3v) is 3.75. The van der Waals surface area contributed by atoms with Gasteiger partial charge in [-0.25, -0.2) is 8.42 Å². The first-order valence-corrected chi connectivity index (χ1v) is 8.22. The minimum absolute atomic E-state index is 0.0426. The van der Waals surface area contributed by atoms with Gasteiger partial charge in [-0.2, -0.15) is 0 Å². The van der Waals surface area contributed by atoms with Gasteiger partial charge in [0.2, 0.25) is 0 Å². The number of benzene rings is 2. The molecule has 8 nitrogen and oxygen atoms in total. The molecule has 0 radical (unpaired) electrons. The van der Waals surface area contributed by atoms with E-state index in [-0.39, 0.29) is 11.3 Å². The van der Waals surface area contributed by atoms with Crippen molar-refractivity contribution in [3.8, 4) is 0 Å². The first-order valence-electron chi connectivity index (χ1n) is 6.67. The van der Waals surface area contributed by atoms with E-state index in [4.69, 9.17) is 0 Å². The molecule has 124 valence electrons. The molecule has 24 heavy (non-hydrogen) atoms. The summed E-state index contributed by atoms with van der Waals surface area (Å²) in [5, 5.41) is 11.6. The summed E-state index contributed by atoms with van der Waals surface area (Å²) in [7, 11) is -3.91. The molecule has 0 unspecified atom stereocenters. The molecule has 0 aliphatic carbocycles. The zero-order chi connectivity index (χ0) is 17.6. The van der Waals surface area contributed by atoms with E-state index in [1.165, 1.54) is 24.3 Å². The molecule has 0 atom stereocenters. The summed E-state index contributed by atoms with van der Waals surface area (Å²) in [4.78, 5) is 23.8. The first-order chi connectivity index (χ1) is 11.4. The fourth-order valence-corrected chi connectivity index (χ4v) is 2.36. The molecule has 0 fully saturated rings. The lowest BCUT2D eigenvalue weighted by Gasteiger charge is -2.05. The number of nitro benzene ring substituents is 1. The largest absolute Gasteiger partial charge is 0.274 e. The highest BCUT2D eigenvalue weighted by atomic mass is 32.2. The van der Waals surface area contributed by atoms with E-state index >= 15 is 0 Å². The molecule has 1 amide bonds. The van der Waals surface area contributed by atoms with Gasteiger partial charge < -0.3 is 0 Å². The lowest BCUT2D eigenvalue weighted by atomic mass is 10.2. The molecule has 2 rings (SSSR count). The Kier molecular flexibility index (Phi) is 5.40. The molecule has 0 saturated carbocycles. The third kappa shape index (κ3) is 5.00. The number of carbonyl (C=O) groups is 1. The Hall–Kier alpha value is -3.04. The average Bonchev–Trinajstić information content (AvgIpc) is 2.59. The van der Waals surface area contributed by atoms with Gasteiger partial charge >= 0.3 is 0 Å². The Morgan fingerprint density at radius 1 is 1.08 bits per heavy atom. The number of hydrogen-bond acceptors (Lipinski definition) is 5. The second kappa shape index (κ2) is 7.49. The van der Waals surface area contributed by atoms with Crippen LogP contribution in [0.2, 0.25) is 0 Å². The van der Waals surface area contributed by atoms with Crippen molar-refractivity contribution in [2.75, 3.05) is 0 Å². The number of nitrogens with one attached hydrogen (secondary N) is 2. The van der Waals surface area contributed by atoms with Crippen LogP contribution in [0.5, 0.6) is 0 Å². The molecular weight excluding hydrogens is 334 g/mol. The van der Waals surface area contributed by atoms with Gasteiger partial charge in [0.1, 0.15) is 0 Å². The number of nitro groups is 1. The quantitative estimate of drug-likeness (QED) is 0.610. The van der Waals surface area contributed by atoms with Crippen LogP contribution in [0.15, 0.2) is 60.0 Å². The zero-order valence-corrected chi connectivity index (χ0v) is 13.1. The molecule has 0 aromatic heterocycles. The topological polar surface area (TPSA) is 118 Å². The minimum Gasteiger partial charge on any atom is -0.274 e. The van der Waals surface area contributed by atoms with Crippen LogP contribution in [0.1, 0.15) is 15.9 Å². The van der Waals surface area contributed by atoms with Crippen LogP contribution in [0, 0.1) is 10.1 Å². The van der Waals surface area contributed by atoms with Crippen molar-refractivity contribution in [2.45, 2.75) is 0 Å². The van der Waals surface area contributed by atoms with Gasteiger partial charge in [-0.15, -0.1) is 4.83 Å². The van der Waals surface area contributed by atoms with Crippen molar-refractivity contribution in [2.24, 2.45) is 0 Å². The first kappa shape index (κ1) is 17.3. The monoisotopic (exact) mass is 347 g/mol. The average molecular weight is 347 g/mol. The summed E-state index contributed by atoms with van der Waals surface area (Å²) >= 11 is 0.